The van der Waals surface area contributed by atoms with Crippen LogP contribution in [0.3, 0.4) is 0 Å². The van der Waals surface area contributed by atoms with E-state index < -0.39 is 0 Å². The topological polar surface area (TPSA) is 45.6 Å². The summed E-state index contributed by atoms with van der Waals surface area (Å²) in [5, 5.41) is 0.471. The third-order valence-electron chi connectivity index (χ3n) is 6.37. The summed E-state index contributed by atoms with van der Waals surface area (Å²) in [4.78, 5) is 30.4. The van der Waals surface area contributed by atoms with Gasteiger partial charge in [-0.15, -0.1) is 0 Å². The number of carbonyl (C=O) groups excluding carboxylic acids is 2. The van der Waals surface area contributed by atoms with E-state index in [0.29, 0.717) is 30.2 Å². The zero-order valence-electron chi connectivity index (χ0n) is 21.6. The highest BCUT2D eigenvalue weighted by atomic mass is 35.5. The molecule has 0 unspecified atom stereocenters. The van der Waals surface area contributed by atoms with Gasteiger partial charge in [-0.05, 0) is 67.4 Å². The van der Waals surface area contributed by atoms with Crippen molar-refractivity contribution in [3.05, 3.63) is 130 Å². The fourth-order valence-corrected chi connectivity index (χ4v) is 4.48. The second-order valence-electron chi connectivity index (χ2n) is 9.53. The molecular formula is C31H31ClFN3O2. The first kappa shape index (κ1) is 27.1. The SMILES string of the molecule is CC(C)N(CC(=O)N(Cc1ccccc1)Cc1cccn1Cc1ccc(F)cc1)C(=O)c1cccc(Cl)c1. The molecule has 1 aromatic heterocycles. The summed E-state index contributed by atoms with van der Waals surface area (Å²) in [6.45, 7) is 5.05. The third kappa shape index (κ3) is 7.11. The second kappa shape index (κ2) is 12.6. The van der Waals surface area contributed by atoms with E-state index in [1.807, 2.05) is 62.5 Å². The first-order chi connectivity index (χ1) is 18.3. The lowest BCUT2D eigenvalue weighted by molar-refractivity contribution is -0.133. The molecule has 0 atom stereocenters. The van der Waals surface area contributed by atoms with Gasteiger partial charge in [0.15, 0.2) is 0 Å². The third-order valence-corrected chi connectivity index (χ3v) is 6.61. The molecule has 2 amide bonds. The first-order valence-electron chi connectivity index (χ1n) is 12.6. The van der Waals surface area contributed by atoms with Crippen molar-refractivity contribution < 1.29 is 14.0 Å². The predicted molar refractivity (Wildman–Crippen MR) is 148 cm³/mol. The summed E-state index contributed by atoms with van der Waals surface area (Å²) in [7, 11) is 0. The zero-order valence-corrected chi connectivity index (χ0v) is 22.3. The molecule has 0 aliphatic carbocycles. The van der Waals surface area contributed by atoms with Crippen LogP contribution in [0, 0.1) is 5.82 Å². The summed E-state index contributed by atoms with van der Waals surface area (Å²) in [6.07, 6.45) is 1.95. The number of amides is 2. The molecule has 0 saturated heterocycles. The van der Waals surface area contributed by atoms with Gasteiger partial charge in [0.1, 0.15) is 12.4 Å². The summed E-state index contributed by atoms with van der Waals surface area (Å²) >= 11 is 6.11. The van der Waals surface area contributed by atoms with Crippen molar-refractivity contribution in [1.29, 1.82) is 0 Å². The quantitative estimate of drug-likeness (QED) is 0.237. The molecule has 38 heavy (non-hydrogen) atoms. The Labute approximate surface area is 228 Å². The van der Waals surface area contributed by atoms with Gasteiger partial charge in [-0.25, -0.2) is 4.39 Å². The molecule has 4 aromatic rings. The smallest absolute Gasteiger partial charge is 0.254 e. The van der Waals surface area contributed by atoms with E-state index >= 15 is 0 Å². The molecule has 4 rings (SSSR count). The van der Waals surface area contributed by atoms with Crippen LogP contribution in [-0.2, 0) is 24.4 Å². The highest BCUT2D eigenvalue weighted by Gasteiger charge is 2.25. The van der Waals surface area contributed by atoms with Crippen LogP contribution >= 0.6 is 11.6 Å². The van der Waals surface area contributed by atoms with Crippen LogP contribution in [0.4, 0.5) is 4.39 Å². The Morgan fingerprint density at radius 2 is 1.61 bits per heavy atom. The van der Waals surface area contributed by atoms with Gasteiger partial charge in [0.2, 0.25) is 5.91 Å². The first-order valence-corrected chi connectivity index (χ1v) is 12.9. The molecule has 1 heterocycles. The van der Waals surface area contributed by atoms with Gasteiger partial charge >= 0.3 is 0 Å². The Hall–Kier alpha value is -3.90. The van der Waals surface area contributed by atoms with Crippen molar-refractivity contribution in [1.82, 2.24) is 14.4 Å². The number of hydrogen-bond acceptors (Lipinski definition) is 2. The number of rotatable bonds is 10. The van der Waals surface area contributed by atoms with Crippen LogP contribution in [0.5, 0.6) is 0 Å². The van der Waals surface area contributed by atoms with Gasteiger partial charge in [-0.3, -0.25) is 9.59 Å². The van der Waals surface area contributed by atoms with E-state index in [2.05, 4.69) is 4.57 Å². The maximum absolute atomic E-state index is 13.8. The molecule has 0 fully saturated rings. The molecule has 0 aliphatic rings. The number of benzene rings is 3. The minimum Gasteiger partial charge on any atom is -0.345 e. The monoisotopic (exact) mass is 531 g/mol. The van der Waals surface area contributed by atoms with E-state index in [1.165, 1.54) is 12.1 Å². The van der Waals surface area contributed by atoms with Crippen LogP contribution in [0.1, 0.15) is 41.0 Å². The maximum Gasteiger partial charge on any atom is 0.254 e. The second-order valence-corrected chi connectivity index (χ2v) is 9.96. The molecule has 5 nitrogen and oxygen atoms in total. The van der Waals surface area contributed by atoms with Gasteiger partial charge in [0.05, 0.1) is 6.54 Å². The van der Waals surface area contributed by atoms with Crippen LogP contribution < -0.4 is 0 Å². The summed E-state index contributed by atoms with van der Waals surface area (Å²) < 4.78 is 15.4. The van der Waals surface area contributed by atoms with E-state index in [-0.39, 0.29) is 30.2 Å². The fourth-order valence-electron chi connectivity index (χ4n) is 4.29. The summed E-state index contributed by atoms with van der Waals surface area (Å²) in [5.74, 6) is -0.675. The Bertz CT molecular complexity index is 1370. The predicted octanol–water partition coefficient (Wildman–Crippen LogP) is 6.41. The number of halogens is 2. The lowest BCUT2D eigenvalue weighted by atomic mass is 10.1. The molecular weight excluding hydrogens is 501 g/mol. The Balaban J connectivity index is 1.57. The minimum atomic E-state index is -0.275. The highest BCUT2D eigenvalue weighted by molar-refractivity contribution is 6.31. The largest absolute Gasteiger partial charge is 0.345 e. The number of carbonyl (C=O) groups is 2. The Morgan fingerprint density at radius 1 is 0.868 bits per heavy atom. The molecule has 7 heteroatoms. The van der Waals surface area contributed by atoms with Crippen LogP contribution in [-0.4, -0.2) is 38.8 Å². The normalized spacial score (nSPS) is 11.0. The highest BCUT2D eigenvalue weighted by Crippen LogP contribution is 2.17. The van der Waals surface area contributed by atoms with Gasteiger partial charge < -0.3 is 14.4 Å². The van der Waals surface area contributed by atoms with Crippen molar-refractivity contribution in [3.8, 4) is 0 Å². The van der Waals surface area contributed by atoms with Crippen LogP contribution in [0.2, 0.25) is 5.02 Å². The van der Waals surface area contributed by atoms with E-state index in [9.17, 15) is 14.0 Å². The average molecular weight is 532 g/mol. The molecule has 0 aliphatic heterocycles. The lowest BCUT2D eigenvalue weighted by Gasteiger charge is -2.30. The lowest BCUT2D eigenvalue weighted by Crippen LogP contribution is -2.45. The number of aromatic nitrogens is 1. The number of hydrogen-bond donors (Lipinski definition) is 0. The molecule has 0 radical (unpaired) electrons. The minimum absolute atomic E-state index is 0.0610. The molecule has 196 valence electrons. The van der Waals surface area contributed by atoms with Crippen LogP contribution in [0.25, 0.3) is 0 Å². The zero-order chi connectivity index (χ0) is 27.1. The van der Waals surface area contributed by atoms with E-state index in [0.717, 1.165) is 16.8 Å². The Morgan fingerprint density at radius 3 is 2.29 bits per heavy atom. The van der Waals surface area contributed by atoms with E-state index in [1.54, 1.807) is 46.2 Å². The standard InChI is InChI=1S/C31H31ClFN3O2/c1-23(2)36(31(38)26-10-6-11-27(32)18-26)22-30(37)35(20-24-8-4-3-5-9-24)21-29-12-7-17-34(29)19-25-13-15-28(33)16-14-25/h3-18,23H,19-22H2,1-2H3. The van der Waals surface area contributed by atoms with Crippen LogP contribution in [0.15, 0.2) is 97.2 Å². The van der Waals surface area contributed by atoms with Crippen molar-refractivity contribution in [2.75, 3.05) is 6.54 Å². The molecule has 0 bridgehead atoms. The molecule has 0 spiro atoms. The fraction of sp³-hybridized carbons (Fsp3) is 0.226. The number of nitrogens with zero attached hydrogens (tertiary/aromatic N) is 3. The summed E-state index contributed by atoms with van der Waals surface area (Å²) in [5.41, 5.74) is 3.34. The van der Waals surface area contributed by atoms with Crippen molar-refractivity contribution in [2.45, 2.75) is 39.5 Å². The average Bonchev–Trinajstić information content (AvgIpc) is 3.34. The summed E-state index contributed by atoms with van der Waals surface area (Å²) in [6, 6.07) is 26.7. The maximum atomic E-state index is 13.8. The van der Waals surface area contributed by atoms with Crippen molar-refractivity contribution in [3.63, 3.8) is 0 Å². The Kier molecular flexibility index (Phi) is 8.98. The van der Waals surface area contributed by atoms with Gasteiger partial charge in [0.25, 0.3) is 5.91 Å². The molecule has 0 saturated carbocycles. The van der Waals surface area contributed by atoms with Gasteiger partial charge in [0, 0.05) is 41.6 Å². The van der Waals surface area contributed by atoms with Crippen molar-refractivity contribution in [2.24, 2.45) is 0 Å². The molecule has 3 aromatic carbocycles. The van der Waals surface area contributed by atoms with Gasteiger partial charge in [-0.1, -0.05) is 60.1 Å². The van der Waals surface area contributed by atoms with E-state index in [4.69, 9.17) is 11.6 Å². The molecule has 0 N–H and O–H groups in total. The van der Waals surface area contributed by atoms with Crippen molar-refractivity contribution >= 4 is 23.4 Å². The van der Waals surface area contributed by atoms with Gasteiger partial charge in [-0.2, -0.15) is 0 Å².